The van der Waals surface area contributed by atoms with Crippen LogP contribution in [0.5, 0.6) is 5.75 Å². The Labute approximate surface area is 356 Å². The summed E-state index contributed by atoms with van der Waals surface area (Å²) >= 11 is 0. The van der Waals surface area contributed by atoms with Crippen molar-refractivity contribution in [3.63, 3.8) is 0 Å². The maximum absolute atomic E-state index is 12.0. The topological polar surface area (TPSA) is 92.9 Å². The largest absolute Gasteiger partial charge is 0.493 e. The van der Waals surface area contributed by atoms with Crippen molar-refractivity contribution in [1.82, 2.24) is 19.9 Å². The average molecular weight is 801 g/mol. The molecule has 0 atom stereocenters. The number of fused-ring (bicyclic) bond motifs is 8. The van der Waals surface area contributed by atoms with E-state index in [-0.39, 0.29) is 5.97 Å². The van der Waals surface area contributed by atoms with Gasteiger partial charge >= 0.3 is 5.97 Å². The van der Waals surface area contributed by atoms with Crippen molar-refractivity contribution in [2.75, 3.05) is 13.2 Å². The molecule has 0 unspecified atom stereocenters. The second-order valence-electron chi connectivity index (χ2n) is 15.7. The minimum atomic E-state index is -0.178. The van der Waals surface area contributed by atoms with Crippen molar-refractivity contribution in [1.29, 1.82) is 0 Å². The number of aromatic amines is 2. The fourth-order valence-electron chi connectivity index (χ4n) is 8.15. The summed E-state index contributed by atoms with van der Waals surface area (Å²) < 4.78 is 11.7. The molecule has 2 N–H and O–H groups in total. The number of aromatic nitrogens is 4. The van der Waals surface area contributed by atoms with Crippen LogP contribution < -0.4 is 4.74 Å². The van der Waals surface area contributed by atoms with E-state index in [1.807, 2.05) is 25.1 Å². The Morgan fingerprint density at radius 1 is 0.508 bits per heavy atom. The standard InChI is InChI=1S/C54H48N4O3/c1-5-60-50(59)12-8-9-33-61-49-11-7-6-10-40(49)54-47-31-29-45(57-47)52(38-21-15-35(3)16-22-38)43-27-25-41(55-43)51(37-19-13-34(2)14-20-37)42-26-28-44(56-42)53(46-30-32-48(54)58-46)39-23-17-36(4)18-24-39/h6-7,10-11,13-32,55,58H,5,8-9,12,33H2,1-4H3. The quantitative estimate of drug-likeness (QED) is 0.100. The van der Waals surface area contributed by atoms with Gasteiger partial charge in [0.25, 0.3) is 0 Å². The van der Waals surface area contributed by atoms with Gasteiger partial charge in [-0.3, -0.25) is 4.79 Å². The van der Waals surface area contributed by atoms with Gasteiger partial charge in [-0.2, -0.15) is 0 Å². The molecule has 0 radical (unpaired) electrons. The summed E-state index contributed by atoms with van der Waals surface area (Å²) in [6.45, 7) is 9.00. The third-order valence-corrected chi connectivity index (χ3v) is 11.3. The number of H-pyrrole nitrogens is 2. The highest BCUT2D eigenvalue weighted by Gasteiger charge is 2.20. The van der Waals surface area contributed by atoms with Crippen LogP contribution in [0, 0.1) is 20.8 Å². The molecule has 0 amide bonds. The van der Waals surface area contributed by atoms with E-state index in [0.717, 1.165) is 95.1 Å². The average Bonchev–Trinajstić information content (AvgIpc) is 4.11. The summed E-state index contributed by atoms with van der Waals surface area (Å²) in [4.78, 5) is 30.6. The molecule has 4 aromatic carbocycles. The molecule has 3 aromatic heterocycles. The highest BCUT2D eigenvalue weighted by molar-refractivity contribution is 6.00. The van der Waals surface area contributed by atoms with E-state index >= 15 is 0 Å². The Morgan fingerprint density at radius 3 is 1.36 bits per heavy atom. The number of nitrogens with zero attached hydrogens (tertiary/aromatic N) is 2. The van der Waals surface area contributed by atoms with Crippen molar-refractivity contribution >= 4 is 52.3 Å². The Morgan fingerprint density at radius 2 is 0.918 bits per heavy atom. The lowest BCUT2D eigenvalue weighted by molar-refractivity contribution is -0.143. The molecule has 7 aromatic rings. The van der Waals surface area contributed by atoms with Crippen LogP contribution in [0.25, 0.3) is 90.9 Å². The molecular weight excluding hydrogens is 753 g/mol. The molecule has 8 bridgehead atoms. The predicted molar refractivity (Wildman–Crippen MR) is 251 cm³/mol. The monoisotopic (exact) mass is 800 g/mol. The van der Waals surface area contributed by atoms with E-state index in [4.69, 9.17) is 19.4 Å². The Bertz CT molecular complexity index is 2940. The number of ether oxygens (including phenoxy) is 2. The van der Waals surface area contributed by atoms with E-state index in [1.54, 1.807) is 0 Å². The van der Waals surface area contributed by atoms with Crippen LogP contribution in [0.2, 0.25) is 0 Å². The van der Waals surface area contributed by atoms with Gasteiger partial charge in [0.2, 0.25) is 0 Å². The predicted octanol–water partition coefficient (Wildman–Crippen LogP) is 13.4. The summed E-state index contributed by atoms with van der Waals surface area (Å²) in [5.74, 6) is 0.562. The maximum Gasteiger partial charge on any atom is 0.305 e. The SMILES string of the molecule is CCOC(=O)CCCCOc1ccccc1-c1c2nc(c(-c3ccc(C)cc3)c3ccc([nH]3)c(-c3ccc(C)cc3)c3nc(c(-c4ccc(C)cc4)c4ccc1[nH]4)C=C3)C=C2. The van der Waals surface area contributed by atoms with E-state index in [2.05, 4.69) is 158 Å². The molecule has 7 heteroatoms. The van der Waals surface area contributed by atoms with Crippen LogP contribution in [0.4, 0.5) is 0 Å². The number of hydrogen-bond acceptors (Lipinski definition) is 5. The third-order valence-electron chi connectivity index (χ3n) is 11.3. The van der Waals surface area contributed by atoms with Gasteiger partial charge < -0.3 is 19.4 Å². The Kier molecular flexibility index (Phi) is 11.0. The molecule has 61 heavy (non-hydrogen) atoms. The lowest BCUT2D eigenvalue weighted by Crippen LogP contribution is -2.05. The summed E-state index contributed by atoms with van der Waals surface area (Å²) in [6.07, 6.45) is 10.3. The molecule has 302 valence electrons. The van der Waals surface area contributed by atoms with Crippen LogP contribution >= 0.6 is 0 Å². The van der Waals surface area contributed by atoms with Crippen molar-refractivity contribution in [3.05, 3.63) is 161 Å². The minimum Gasteiger partial charge on any atom is -0.493 e. The van der Waals surface area contributed by atoms with Crippen LogP contribution in [-0.4, -0.2) is 39.1 Å². The minimum absolute atomic E-state index is 0.178. The molecule has 0 fully saturated rings. The smallest absolute Gasteiger partial charge is 0.305 e. The van der Waals surface area contributed by atoms with Crippen LogP contribution in [0.15, 0.2) is 121 Å². The number of para-hydroxylation sites is 1. The first kappa shape index (κ1) is 39.2. The normalized spacial score (nSPS) is 11.9. The highest BCUT2D eigenvalue weighted by Crippen LogP contribution is 2.40. The van der Waals surface area contributed by atoms with Crippen molar-refractivity contribution in [2.24, 2.45) is 0 Å². The van der Waals surface area contributed by atoms with Crippen molar-refractivity contribution < 1.29 is 14.3 Å². The molecule has 5 heterocycles. The third kappa shape index (κ3) is 8.20. The summed E-state index contributed by atoms with van der Waals surface area (Å²) in [5, 5.41) is 0. The van der Waals surface area contributed by atoms with Gasteiger partial charge in [-0.15, -0.1) is 0 Å². The number of carbonyl (C=O) groups is 1. The second-order valence-corrected chi connectivity index (χ2v) is 15.7. The molecule has 2 aliphatic rings. The number of carbonyl (C=O) groups excluding carboxylic acids is 1. The first-order valence-corrected chi connectivity index (χ1v) is 21.1. The molecule has 0 aliphatic carbocycles. The second kappa shape index (κ2) is 17.2. The molecule has 0 saturated heterocycles. The fraction of sp³-hybridized carbons (Fsp3) is 0.167. The maximum atomic E-state index is 12.0. The van der Waals surface area contributed by atoms with Gasteiger partial charge in [0.1, 0.15) is 5.75 Å². The molecule has 0 spiro atoms. The lowest BCUT2D eigenvalue weighted by atomic mass is 10.0. The first-order chi connectivity index (χ1) is 29.8. The van der Waals surface area contributed by atoms with Crippen LogP contribution in [0.1, 0.15) is 65.7 Å². The number of rotatable bonds is 11. The molecule has 0 saturated carbocycles. The van der Waals surface area contributed by atoms with Gasteiger partial charge in [0.15, 0.2) is 0 Å². The number of unbranched alkanes of at least 4 members (excludes halogenated alkanes) is 1. The molecule has 7 nitrogen and oxygen atoms in total. The first-order valence-electron chi connectivity index (χ1n) is 21.1. The fourth-order valence-corrected chi connectivity index (χ4v) is 8.15. The van der Waals surface area contributed by atoms with Gasteiger partial charge in [-0.05, 0) is 112 Å². The van der Waals surface area contributed by atoms with Crippen LogP contribution in [-0.2, 0) is 9.53 Å². The molecule has 9 rings (SSSR count). The summed E-state index contributed by atoms with van der Waals surface area (Å²) in [7, 11) is 0. The number of nitrogens with one attached hydrogen (secondary N) is 2. The zero-order valence-electron chi connectivity index (χ0n) is 35.0. The Hall–Kier alpha value is -7.25. The number of hydrogen-bond donors (Lipinski definition) is 2. The number of aryl methyl sites for hydroxylation is 3. The molecule has 2 aliphatic heterocycles. The van der Waals surface area contributed by atoms with Gasteiger partial charge in [-0.1, -0.05) is 108 Å². The van der Waals surface area contributed by atoms with Gasteiger partial charge in [0, 0.05) is 56.3 Å². The van der Waals surface area contributed by atoms with E-state index < -0.39 is 0 Å². The highest BCUT2D eigenvalue weighted by atomic mass is 16.5. The number of benzene rings is 4. The zero-order chi connectivity index (χ0) is 41.9. The Balaban J connectivity index is 1.34. The summed E-state index contributed by atoms with van der Waals surface area (Å²) in [5.41, 5.74) is 18.7. The van der Waals surface area contributed by atoms with Crippen molar-refractivity contribution in [2.45, 2.75) is 47.0 Å². The van der Waals surface area contributed by atoms with Crippen molar-refractivity contribution in [3.8, 4) is 50.3 Å². The zero-order valence-corrected chi connectivity index (χ0v) is 35.0. The van der Waals surface area contributed by atoms with E-state index in [0.29, 0.717) is 32.5 Å². The number of esters is 1. The van der Waals surface area contributed by atoms with Gasteiger partial charge in [0.05, 0.1) is 36.0 Å². The lowest BCUT2D eigenvalue weighted by Gasteiger charge is -2.13. The van der Waals surface area contributed by atoms with E-state index in [1.165, 1.54) is 16.7 Å². The van der Waals surface area contributed by atoms with Gasteiger partial charge in [-0.25, -0.2) is 9.97 Å². The van der Waals surface area contributed by atoms with E-state index in [9.17, 15) is 4.79 Å². The molecular formula is C54H48N4O3. The van der Waals surface area contributed by atoms with Crippen LogP contribution in [0.3, 0.4) is 0 Å². The summed E-state index contributed by atoms with van der Waals surface area (Å²) in [6, 6.07) is 42.7.